The summed E-state index contributed by atoms with van der Waals surface area (Å²) in [5, 5.41) is 6.94. The lowest BCUT2D eigenvalue weighted by Crippen LogP contribution is -2.42. The van der Waals surface area contributed by atoms with Crippen molar-refractivity contribution in [2.75, 3.05) is 32.9 Å². The quantitative estimate of drug-likeness (QED) is 0.549. The van der Waals surface area contributed by atoms with Gasteiger partial charge in [-0.3, -0.25) is 9.59 Å². The Labute approximate surface area is 173 Å². The maximum absolute atomic E-state index is 12.1. The van der Waals surface area contributed by atoms with Crippen molar-refractivity contribution in [3.63, 3.8) is 0 Å². The topological polar surface area (TPSA) is 93.1 Å². The average Bonchev–Trinajstić information content (AvgIpc) is 3.15. The predicted molar refractivity (Wildman–Crippen MR) is 110 cm³/mol. The summed E-state index contributed by atoms with van der Waals surface area (Å²) in [5.74, 6) is 0.343. The largest absolute Gasteiger partial charge is 0.484 e. The fraction of sp³-hybridized carbons (Fsp3) is 0.400. The molecule has 1 aliphatic rings. The van der Waals surface area contributed by atoms with E-state index in [0.717, 1.165) is 16.3 Å². The number of thiazole rings is 1. The Bertz CT molecular complexity index is 873. The molecule has 2 amide bonds. The fourth-order valence-corrected chi connectivity index (χ4v) is 3.36. The Kier molecular flexibility index (Phi) is 7.31. The molecule has 0 atom stereocenters. The van der Waals surface area contributed by atoms with Crippen molar-refractivity contribution in [1.29, 1.82) is 0 Å². The number of morpholine rings is 1. The van der Waals surface area contributed by atoms with Crippen LogP contribution in [-0.4, -0.2) is 60.3 Å². The first-order chi connectivity index (χ1) is 14.0. The molecule has 1 aromatic heterocycles. The highest BCUT2D eigenvalue weighted by Gasteiger charge is 2.17. The molecule has 1 fully saturated rings. The van der Waals surface area contributed by atoms with E-state index >= 15 is 0 Å². The summed E-state index contributed by atoms with van der Waals surface area (Å²) < 4.78 is 10.8. The molecule has 1 N–H and O–H groups in total. The van der Waals surface area contributed by atoms with Crippen molar-refractivity contribution in [2.45, 2.75) is 20.3 Å². The first kappa shape index (κ1) is 20.9. The van der Waals surface area contributed by atoms with Crippen molar-refractivity contribution in [3.8, 4) is 5.75 Å². The summed E-state index contributed by atoms with van der Waals surface area (Å²) >= 11 is 1.51. The van der Waals surface area contributed by atoms with Crippen LogP contribution in [0.5, 0.6) is 5.75 Å². The molecule has 0 unspecified atom stereocenters. The van der Waals surface area contributed by atoms with E-state index in [0.29, 0.717) is 37.8 Å². The highest BCUT2D eigenvalue weighted by Crippen LogP contribution is 2.13. The molecule has 0 radical (unpaired) electrons. The zero-order valence-electron chi connectivity index (χ0n) is 16.5. The number of aryl methyl sites for hydroxylation is 1. The lowest BCUT2D eigenvalue weighted by Gasteiger charge is -2.26. The van der Waals surface area contributed by atoms with E-state index in [9.17, 15) is 9.59 Å². The second kappa shape index (κ2) is 10.1. The third kappa shape index (κ3) is 6.37. The smallest absolute Gasteiger partial charge is 0.260 e. The third-order valence-electron chi connectivity index (χ3n) is 4.35. The zero-order valence-corrected chi connectivity index (χ0v) is 17.3. The molecule has 0 saturated carbocycles. The maximum Gasteiger partial charge on any atom is 0.260 e. The van der Waals surface area contributed by atoms with Gasteiger partial charge in [-0.05, 0) is 43.7 Å². The van der Waals surface area contributed by atoms with Crippen LogP contribution in [0.25, 0.3) is 0 Å². The summed E-state index contributed by atoms with van der Waals surface area (Å²) in [7, 11) is 0. The minimum absolute atomic E-state index is 0.00142. The van der Waals surface area contributed by atoms with E-state index in [1.807, 2.05) is 31.4 Å². The number of hydrogen-bond acceptors (Lipinski definition) is 7. The van der Waals surface area contributed by atoms with E-state index in [4.69, 9.17) is 9.47 Å². The predicted octanol–water partition coefficient (Wildman–Crippen LogP) is 1.77. The lowest BCUT2D eigenvalue weighted by atomic mass is 10.1. The maximum atomic E-state index is 12.1. The molecular formula is C20H24N4O4S. The molecule has 0 bridgehead atoms. The number of hydrazone groups is 1. The number of aromatic nitrogens is 1. The number of hydrogen-bond donors (Lipinski definition) is 1. The van der Waals surface area contributed by atoms with Crippen molar-refractivity contribution in [2.24, 2.45) is 5.10 Å². The van der Waals surface area contributed by atoms with Crippen LogP contribution in [0.4, 0.5) is 0 Å². The van der Waals surface area contributed by atoms with Gasteiger partial charge in [0.25, 0.3) is 5.91 Å². The SMILES string of the molecule is C/C(=N/NC(=O)Cc1csc(C)n1)c1ccc(OCC(=O)N2CCOCC2)cc1. The third-order valence-corrected chi connectivity index (χ3v) is 5.18. The van der Waals surface area contributed by atoms with Crippen molar-refractivity contribution >= 4 is 28.9 Å². The number of rotatable bonds is 7. The molecule has 9 heteroatoms. The number of carbonyl (C=O) groups excluding carboxylic acids is 2. The molecule has 0 spiro atoms. The van der Waals surface area contributed by atoms with Gasteiger partial charge >= 0.3 is 0 Å². The van der Waals surface area contributed by atoms with Gasteiger partial charge in [0.05, 0.1) is 36.0 Å². The van der Waals surface area contributed by atoms with Gasteiger partial charge in [0, 0.05) is 18.5 Å². The number of carbonyl (C=O) groups is 2. The highest BCUT2D eigenvalue weighted by atomic mass is 32.1. The molecule has 2 aromatic rings. The van der Waals surface area contributed by atoms with Crippen LogP contribution >= 0.6 is 11.3 Å². The molecule has 8 nitrogen and oxygen atoms in total. The second-order valence-electron chi connectivity index (χ2n) is 6.57. The normalized spacial score (nSPS) is 14.6. The van der Waals surface area contributed by atoms with Crippen LogP contribution in [0.1, 0.15) is 23.2 Å². The van der Waals surface area contributed by atoms with E-state index in [1.54, 1.807) is 17.0 Å². The minimum atomic E-state index is -0.212. The number of nitrogens with one attached hydrogen (secondary N) is 1. The lowest BCUT2D eigenvalue weighted by molar-refractivity contribution is -0.137. The van der Waals surface area contributed by atoms with E-state index in [1.165, 1.54) is 11.3 Å². The van der Waals surface area contributed by atoms with E-state index in [2.05, 4.69) is 15.5 Å². The van der Waals surface area contributed by atoms with Crippen molar-refractivity contribution < 1.29 is 19.1 Å². The molecule has 0 aliphatic carbocycles. The van der Waals surface area contributed by atoms with Crippen LogP contribution in [-0.2, 0) is 20.7 Å². The molecule has 1 aliphatic heterocycles. The molecule has 1 saturated heterocycles. The standard InChI is InChI=1S/C20H24N4O4S/c1-14(22-23-19(25)11-17-13-29-15(2)21-17)16-3-5-18(6-4-16)28-12-20(26)24-7-9-27-10-8-24/h3-6,13H,7-12H2,1-2H3,(H,23,25)/b22-14-. The molecule has 3 rings (SSSR count). The van der Waals surface area contributed by atoms with Gasteiger partial charge < -0.3 is 14.4 Å². The van der Waals surface area contributed by atoms with Crippen LogP contribution in [0.15, 0.2) is 34.7 Å². The molecule has 1 aromatic carbocycles. The van der Waals surface area contributed by atoms with E-state index in [-0.39, 0.29) is 24.8 Å². The van der Waals surface area contributed by atoms with Gasteiger partial charge in [0.15, 0.2) is 6.61 Å². The van der Waals surface area contributed by atoms with Gasteiger partial charge in [0.2, 0.25) is 5.91 Å². The van der Waals surface area contributed by atoms with Gasteiger partial charge in [-0.1, -0.05) is 0 Å². The molecular weight excluding hydrogens is 392 g/mol. The van der Waals surface area contributed by atoms with Crippen molar-refractivity contribution in [3.05, 3.63) is 45.9 Å². The summed E-state index contributed by atoms with van der Waals surface area (Å²) in [6.07, 6.45) is 0.199. The van der Waals surface area contributed by atoms with Crippen LogP contribution in [0.3, 0.4) is 0 Å². The number of amides is 2. The molecule has 29 heavy (non-hydrogen) atoms. The first-order valence-corrected chi connectivity index (χ1v) is 10.2. The van der Waals surface area contributed by atoms with Crippen LogP contribution in [0, 0.1) is 6.92 Å². The Balaban J connectivity index is 1.47. The Morgan fingerprint density at radius 3 is 2.66 bits per heavy atom. The summed E-state index contributed by atoms with van der Waals surface area (Å²) in [6, 6.07) is 7.23. The Hall–Kier alpha value is -2.78. The highest BCUT2D eigenvalue weighted by molar-refractivity contribution is 7.09. The Morgan fingerprint density at radius 1 is 1.28 bits per heavy atom. The van der Waals surface area contributed by atoms with E-state index < -0.39 is 0 Å². The first-order valence-electron chi connectivity index (χ1n) is 9.34. The monoisotopic (exact) mass is 416 g/mol. The second-order valence-corrected chi connectivity index (χ2v) is 7.64. The van der Waals surface area contributed by atoms with Crippen molar-refractivity contribution in [1.82, 2.24) is 15.3 Å². The average molecular weight is 417 g/mol. The van der Waals surface area contributed by atoms with Gasteiger partial charge in [0.1, 0.15) is 5.75 Å². The minimum Gasteiger partial charge on any atom is -0.484 e. The summed E-state index contributed by atoms with van der Waals surface area (Å²) in [5.41, 5.74) is 4.81. The van der Waals surface area contributed by atoms with Gasteiger partial charge in [-0.15, -0.1) is 11.3 Å². The number of ether oxygens (including phenoxy) is 2. The number of benzene rings is 1. The molecule has 154 valence electrons. The number of nitrogens with zero attached hydrogens (tertiary/aromatic N) is 3. The fourth-order valence-electron chi connectivity index (χ4n) is 2.75. The van der Waals surface area contributed by atoms with Crippen LogP contribution in [0.2, 0.25) is 0 Å². The summed E-state index contributed by atoms with van der Waals surface area (Å²) in [4.78, 5) is 30.1. The van der Waals surface area contributed by atoms with Gasteiger partial charge in [-0.2, -0.15) is 5.10 Å². The zero-order chi connectivity index (χ0) is 20.6. The van der Waals surface area contributed by atoms with Gasteiger partial charge in [-0.25, -0.2) is 10.4 Å². The van der Waals surface area contributed by atoms with Crippen LogP contribution < -0.4 is 10.2 Å². The Morgan fingerprint density at radius 2 is 2.00 bits per heavy atom. The summed E-state index contributed by atoms with van der Waals surface area (Å²) in [6.45, 7) is 6.05. The molecule has 2 heterocycles.